The van der Waals surface area contributed by atoms with Gasteiger partial charge in [-0.25, -0.2) is 4.79 Å². The number of carbonyl (C=O) groups excluding carboxylic acids is 1. The van der Waals surface area contributed by atoms with Gasteiger partial charge in [0.15, 0.2) is 0 Å². The smallest absolute Gasteiger partial charge is 0.354 e. The second-order valence-electron chi connectivity index (χ2n) is 1.77. The van der Waals surface area contributed by atoms with Crippen molar-refractivity contribution >= 4 is 62.4 Å². The van der Waals surface area contributed by atoms with Crippen LogP contribution in [0.2, 0.25) is 0 Å². The lowest BCUT2D eigenvalue weighted by molar-refractivity contribution is -0.142. The zero-order chi connectivity index (χ0) is 9.61. The minimum absolute atomic E-state index is 0.195. The minimum atomic E-state index is -1.73. The van der Waals surface area contributed by atoms with Gasteiger partial charge >= 0.3 is 5.97 Å². The predicted molar refractivity (Wildman–Crippen MR) is 54.2 cm³/mol. The van der Waals surface area contributed by atoms with Crippen molar-refractivity contribution in [1.29, 1.82) is 0 Å². The van der Waals surface area contributed by atoms with Gasteiger partial charge in [-0.2, -0.15) is 0 Å². The van der Waals surface area contributed by atoms with E-state index in [0.717, 1.165) is 0 Å². The molecule has 72 valence electrons. The molecule has 0 atom stereocenters. The molecular formula is C5H6Cl4O2S. The first-order valence-electron chi connectivity index (χ1n) is 2.95. The van der Waals surface area contributed by atoms with Crippen LogP contribution in [0, 0.1) is 0 Å². The van der Waals surface area contributed by atoms with Gasteiger partial charge in [-0.3, -0.25) is 0 Å². The number of alkyl halides is 3. The summed E-state index contributed by atoms with van der Waals surface area (Å²) in [5, 5.41) is 0. The summed E-state index contributed by atoms with van der Waals surface area (Å²) >= 11 is 16.2. The SMILES string of the molecule is O=C(OCCCCl)C(Cl)(Cl)SCl. The Morgan fingerprint density at radius 3 is 2.50 bits per heavy atom. The molecule has 0 heterocycles. The highest BCUT2D eigenvalue weighted by Crippen LogP contribution is 2.38. The molecule has 0 amide bonds. The van der Waals surface area contributed by atoms with Gasteiger partial charge in [0.1, 0.15) is 0 Å². The maximum Gasteiger partial charge on any atom is 0.354 e. The maximum atomic E-state index is 10.9. The highest BCUT2D eigenvalue weighted by molar-refractivity contribution is 8.24. The third-order valence-corrected chi connectivity index (χ3v) is 3.41. The second-order valence-corrected chi connectivity index (χ2v) is 5.16. The maximum absolute atomic E-state index is 10.9. The molecule has 0 fully saturated rings. The van der Waals surface area contributed by atoms with Crippen LogP contribution in [0.25, 0.3) is 0 Å². The van der Waals surface area contributed by atoms with Crippen LogP contribution in [0.4, 0.5) is 0 Å². The fraction of sp³-hybridized carbons (Fsp3) is 0.800. The molecule has 0 spiro atoms. The summed E-state index contributed by atoms with van der Waals surface area (Å²) < 4.78 is 2.92. The molecule has 0 aromatic rings. The lowest BCUT2D eigenvalue weighted by atomic mass is 10.5. The van der Waals surface area contributed by atoms with E-state index in [0.29, 0.717) is 23.3 Å². The molecule has 2 nitrogen and oxygen atoms in total. The van der Waals surface area contributed by atoms with Crippen molar-refractivity contribution in [2.24, 2.45) is 0 Å². The minimum Gasteiger partial charge on any atom is -0.463 e. The third kappa shape index (κ3) is 4.87. The molecule has 0 rings (SSSR count). The molecule has 0 saturated carbocycles. The first-order valence-corrected chi connectivity index (χ1v) is 5.88. The topological polar surface area (TPSA) is 26.3 Å². The Morgan fingerprint density at radius 2 is 2.08 bits per heavy atom. The molecule has 0 aliphatic heterocycles. The lowest BCUT2D eigenvalue weighted by Crippen LogP contribution is -2.24. The van der Waals surface area contributed by atoms with E-state index in [4.69, 9.17) is 45.5 Å². The standard InChI is InChI=1S/C5H6Cl4O2S/c6-2-1-3-11-4(10)5(7,8)12-9/h1-3H2. The Kier molecular flexibility index (Phi) is 6.96. The van der Waals surface area contributed by atoms with E-state index >= 15 is 0 Å². The summed E-state index contributed by atoms with van der Waals surface area (Å²) in [6.07, 6.45) is 0.560. The average Bonchev–Trinajstić information content (AvgIpc) is 2.05. The van der Waals surface area contributed by atoms with Crippen molar-refractivity contribution in [2.45, 2.75) is 10.1 Å². The molecule has 0 aromatic heterocycles. The molecule has 0 aliphatic carbocycles. The Morgan fingerprint density at radius 1 is 1.50 bits per heavy atom. The largest absolute Gasteiger partial charge is 0.463 e. The number of esters is 1. The Balaban J connectivity index is 3.72. The number of halogens is 4. The monoisotopic (exact) mass is 270 g/mol. The fourth-order valence-corrected chi connectivity index (χ4v) is 0.864. The van der Waals surface area contributed by atoms with E-state index in [2.05, 4.69) is 4.74 Å². The van der Waals surface area contributed by atoms with E-state index in [1.807, 2.05) is 0 Å². The summed E-state index contributed by atoms with van der Waals surface area (Å²) in [6, 6.07) is 0. The summed E-state index contributed by atoms with van der Waals surface area (Å²) in [4.78, 5) is 10.9. The van der Waals surface area contributed by atoms with E-state index in [9.17, 15) is 4.79 Å². The van der Waals surface area contributed by atoms with Crippen LogP contribution in [-0.2, 0) is 9.53 Å². The highest BCUT2D eigenvalue weighted by atomic mass is 35.7. The molecule has 0 bridgehead atoms. The van der Waals surface area contributed by atoms with Crippen LogP contribution in [0.15, 0.2) is 0 Å². The lowest BCUT2D eigenvalue weighted by Gasteiger charge is -2.12. The van der Waals surface area contributed by atoms with Crippen LogP contribution in [-0.4, -0.2) is 22.1 Å². The number of ether oxygens (including phenoxy) is 1. The van der Waals surface area contributed by atoms with E-state index in [1.165, 1.54) is 0 Å². The Bertz CT molecular complexity index is 152. The number of rotatable bonds is 5. The molecule has 7 heteroatoms. The van der Waals surface area contributed by atoms with Gasteiger partial charge in [0.05, 0.1) is 6.61 Å². The van der Waals surface area contributed by atoms with Crippen molar-refractivity contribution in [1.82, 2.24) is 0 Å². The molecule has 12 heavy (non-hydrogen) atoms. The van der Waals surface area contributed by atoms with Crippen molar-refractivity contribution in [3.05, 3.63) is 0 Å². The average molecular weight is 272 g/mol. The molecule has 0 N–H and O–H groups in total. The first kappa shape index (κ1) is 13.0. The second kappa shape index (κ2) is 6.44. The van der Waals surface area contributed by atoms with Crippen LogP contribution >= 0.6 is 56.5 Å². The molecular weight excluding hydrogens is 266 g/mol. The van der Waals surface area contributed by atoms with Crippen molar-refractivity contribution < 1.29 is 9.53 Å². The van der Waals surface area contributed by atoms with Crippen molar-refractivity contribution in [3.63, 3.8) is 0 Å². The van der Waals surface area contributed by atoms with Crippen LogP contribution in [0.3, 0.4) is 0 Å². The zero-order valence-corrected chi connectivity index (χ0v) is 9.70. The van der Waals surface area contributed by atoms with E-state index in [1.54, 1.807) is 0 Å². The van der Waals surface area contributed by atoms with Gasteiger partial charge in [-0.1, -0.05) is 23.2 Å². The quantitative estimate of drug-likeness (QED) is 0.437. The summed E-state index contributed by atoms with van der Waals surface area (Å²) in [7, 11) is 5.72. The van der Waals surface area contributed by atoms with Gasteiger partial charge in [0.2, 0.25) is 0 Å². The van der Waals surface area contributed by atoms with Crippen molar-refractivity contribution in [3.8, 4) is 0 Å². The Labute approximate surface area is 94.3 Å². The Hall–Kier alpha value is 0.980. The van der Waals surface area contributed by atoms with Crippen LogP contribution in [0.1, 0.15) is 6.42 Å². The molecule has 0 unspecified atom stereocenters. The number of hydrogen-bond donors (Lipinski definition) is 0. The number of hydrogen-bond acceptors (Lipinski definition) is 3. The fourth-order valence-electron chi connectivity index (χ4n) is 0.335. The molecule has 0 aliphatic rings. The van der Waals surface area contributed by atoms with Gasteiger partial charge in [-0.15, -0.1) is 11.6 Å². The number of carbonyl (C=O) groups is 1. The van der Waals surface area contributed by atoms with E-state index in [-0.39, 0.29) is 6.61 Å². The van der Waals surface area contributed by atoms with Crippen LogP contribution in [0.5, 0.6) is 0 Å². The third-order valence-electron chi connectivity index (χ3n) is 0.846. The van der Waals surface area contributed by atoms with Gasteiger partial charge < -0.3 is 4.74 Å². The summed E-state index contributed by atoms with van der Waals surface area (Å²) in [6.45, 7) is 0.195. The van der Waals surface area contributed by atoms with Crippen molar-refractivity contribution in [2.75, 3.05) is 12.5 Å². The van der Waals surface area contributed by atoms with Gasteiger partial charge in [-0.05, 0) is 28.1 Å². The van der Waals surface area contributed by atoms with Gasteiger partial charge in [0, 0.05) is 5.88 Å². The normalized spacial score (nSPS) is 11.3. The first-order chi connectivity index (χ1) is 5.54. The highest BCUT2D eigenvalue weighted by Gasteiger charge is 2.36. The molecule has 0 saturated heterocycles. The molecule has 0 radical (unpaired) electrons. The van der Waals surface area contributed by atoms with Gasteiger partial charge in [0.25, 0.3) is 3.67 Å². The zero-order valence-electron chi connectivity index (χ0n) is 5.86. The van der Waals surface area contributed by atoms with E-state index < -0.39 is 9.63 Å². The molecule has 0 aromatic carbocycles. The van der Waals surface area contributed by atoms with Crippen LogP contribution < -0.4 is 0 Å². The summed E-state index contributed by atoms with van der Waals surface area (Å²) in [5.74, 6) is -0.352. The summed E-state index contributed by atoms with van der Waals surface area (Å²) in [5.41, 5.74) is 0. The predicted octanol–water partition coefficient (Wildman–Crippen LogP) is 3.18.